The molecule has 0 amide bonds. The molecule has 0 aliphatic heterocycles. The summed E-state index contributed by atoms with van der Waals surface area (Å²) in [5, 5.41) is 10.2. The van der Waals surface area contributed by atoms with Gasteiger partial charge < -0.3 is 0 Å². The second kappa shape index (κ2) is 4.31. The molecule has 0 fully saturated rings. The van der Waals surface area contributed by atoms with Crippen LogP contribution in [0.5, 0.6) is 0 Å². The first kappa shape index (κ1) is 11.5. The van der Waals surface area contributed by atoms with E-state index in [2.05, 4.69) is 0 Å². The van der Waals surface area contributed by atoms with E-state index in [0.29, 0.717) is 12.1 Å². The highest BCUT2D eigenvalue weighted by molar-refractivity contribution is 6.30. The number of alkyl halides is 1. The van der Waals surface area contributed by atoms with Crippen LogP contribution in [-0.2, 0) is 0 Å². The lowest BCUT2D eigenvalue weighted by atomic mass is 10.1. The number of carbonyl (C=O) groups is 1. The van der Waals surface area contributed by atoms with E-state index in [4.69, 9.17) is 11.6 Å². The summed E-state index contributed by atoms with van der Waals surface area (Å²) in [7, 11) is 0. The van der Waals surface area contributed by atoms with Crippen LogP contribution in [0, 0.1) is 21.7 Å². The van der Waals surface area contributed by atoms with Crippen LogP contribution < -0.4 is 0 Å². The highest BCUT2D eigenvalue weighted by atomic mass is 35.5. The van der Waals surface area contributed by atoms with Crippen molar-refractivity contribution in [3.63, 3.8) is 0 Å². The Labute approximate surface area is 87.6 Å². The maximum absolute atomic E-state index is 13.0. The third-order valence-corrected chi connectivity index (χ3v) is 1.89. The molecule has 0 heterocycles. The van der Waals surface area contributed by atoms with E-state index >= 15 is 0 Å². The largest absolute Gasteiger partial charge is 0.340 e. The zero-order valence-corrected chi connectivity index (χ0v) is 7.92. The molecule has 1 rings (SSSR count). The van der Waals surface area contributed by atoms with Crippen molar-refractivity contribution in [1.29, 1.82) is 0 Å². The first-order chi connectivity index (χ1) is 6.97. The molecule has 0 N–H and O–H groups in total. The number of benzene rings is 1. The topological polar surface area (TPSA) is 60.2 Å². The fraction of sp³-hybridized carbons (Fsp3) is 0.125. The Bertz CT molecular complexity index is 413. The molecule has 1 aromatic rings. The van der Waals surface area contributed by atoms with Crippen LogP contribution in [0.15, 0.2) is 12.1 Å². The van der Waals surface area contributed by atoms with Crippen molar-refractivity contribution >= 4 is 23.1 Å². The van der Waals surface area contributed by atoms with Crippen LogP contribution in [-0.4, -0.2) is 16.6 Å². The minimum Gasteiger partial charge on any atom is -0.293 e. The standard InChI is InChI=1S/C8H4ClF2NO3/c9-3-7(13)4-1-5(10)8(12(14)15)6(11)2-4/h1-2H,3H2. The van der Waals surface area contributed by atoms with E-state index in [9.17, 15) is 23.7 Å². The van der Waals surface area contributed by atoms with E-state index in [1.807, 2.05) is 0 Å². The Balaban J connectivity index is 3.31. The first-order valence-corrected chi connectivity index (χ1v) is 4.23. The predicted octanol–water partition coefficient (Wildman–Crippen LogP) is 2.29. The average molecular weight is 236 g/mol. The van der Waals surface area contributed by atoms with E-state index in [1.54, 1.807) is 0 Å². The quantitative estimate of drug-likeness (QED) is 0.350. The van der Waals surface area contributed by atoms with Gasteiger partial charge in [0, 0.05) is 5.56 Å². The fourth-order valence-electron chi connectivity index (χ4n) is 0.978. The summed E-state index contributed by atoms with van der Waals surface area (Å²) in [6.07, 6.45) is 0. The summed E-state index contributed by atoms with van der Waals surface area (Å²) < 4.78 is 26.0. The van der Waals surface area contributed by atoms with Crippen LogP contribution in [0.2, 0.25) is 0 Å². The summed E-state index contributed by atoms with van der Waals surface area (Å²) in [5.74, 6) is -3.94. The van der Waals surface area contributed by atoms with Crippen LogP contribution in [0.3, 0.4) is 0 Å². The number of Topliss-reactive ketones (excluding diaryl/α,β-unsaturated/α-hetero) is 1. The predicted molar refractivity (Wildman–Crippen MR) is 48.1 cm³/mol. The van der Waals surface area contributed by atoms with Gasteiger partial charge in [0.1, 0.15) is 0 Å². The van der Waals surface area contributed by atoms with Gasteiger partial charge in [-0.3, -0.25) is 14.9 Å². The number of carbonyl (C=O) groups excluding carboxylic acids is 1. The second-order valence-electron chi connectivity index (χ2n) is 2.60. The molecule has 0 aliphatic carbocycles. The van der Waals surface area contributed by atoms with Crippen LogP contribution in [0.4, 0.5) is 14.5 Å². The first-order valence-electron chi connectivity index (χ1n) is 3.70. The Morgan fingerprint density at radius 1 is 1.40 bits per heavy atom. The lowest BCUT2D eigenvalue weighted by molar-refractivity contribution is -0.390. The number of nitro groups is 1. The van der Waals surface area contributed by atoms with E-state index < -0.39 is 33.9 Å². The van der Waals surface area contributed by atoms with Gasteiger partial charge in [-0.1, -0.05) is 0 Å². The Kier molecular flexibility index (Phi) is 3.31. The van der Waals surface area contributed by atoms with Gasteiger partial charge in [-0.25, -0.2) is 0 Å². The number of hydrogen-bond donors (Lipinski definition) is 0. The fourth-order valence-corrected chi connectivity index (χ4v) is 1.13. The average Bonchev–Trinajstić information content (AvgIpc) is 2.14. The summed E-state index contributed by atoms with van der Waals surface area (Å²) in [6, 6.07) is 1.18. The minimum atomic E-state index is -1.39. The molecular weight excluding hydrogens is 232 g/mol. The summed E-state index contributed by atoms with van der Waals surface area (Å²) in [5.41, 5.74) is -1.60. The SMILES string of the molecule is O=C(CCl)c1cc(F)c([N+](=O)[O-])c(F)c1. The molecule has 80 valence electrons. The third-order valence-electron chi connectivity index (χ3n) is 1.64. The third kappa shape index (κ3) is 2.27. The molecule has 7 heteroatoms. The highest BCUT2D eigenvalue weighted by Gasteiger charge is 2.23. The molecule has 15 heavy (non-hydrogen) atoms. The number of halogens is 3. The van der Waals surface area contributed by atoms with Crippen molar-refractivity contribution in [2.75, 3.05) is 5.88 Å². The van der Waals surface area contributed by atoms with E-state index in [-0.39, 0.29) is 5.56 Å². The second-order valence-corrected chi connectivity index (χ2v) is 2.87. The van der Waals surface area contributed by atoms with Gasteiger partial charge in [0.05, 0.1) is 10.8 Å². The van der Waals surface area contributed by atoms with Gasteiger partial charge in [0.25, 0.3) is 0 Å². The van der Waals surface area contributed by atoms with E-state index in [0.717, 1.165) is 0 Å². The summed E-state index contributed by atoms with van der Waals surface area (Å²) in [6.45, 7) is 0. The number of ketones is 1. The Morgan fingerprint density at radius 2 is 1.87 bits per heavy atom. The van der Waals surface area contributed by atoms with Gasteiger partial charge in [-0.2, -0.15) is 8.78 Å². The number of rotatable bonds is 3. The number of nitrogens with zero attached hydrogens (tertiary/aromatic N) is 1. The summed E-state index contributed by atoms with van der Waals surface area (Å²) >= 11 is 5.17. The van der Waals surface area contributed by atoms with Crippen molar-refractivity contribution in [2.45, 2.75) is 0 Å². The van der Waals surface area contributed by atoms with Gasteiger partial charge >= 0.3 is 5.69 Å². The summed E-state index contributed by atoms with van der Waals surface area (Å²) in [4.78, 5) is 20.0. The molecule has 0 aromatic heterocycles. The molecule has 0 unspecified atom stereocenters. The van der Waals surface area contributed by atoms with Crippen molar-refractivity contribution < 1.29 is 18.5 Å². The Morgan fingerprint density at radius 3 is 2.20 bits per heavy atom. The van der Waals surface area contributed by atoms with Crippen LogP contribution in [0.25, 0.3) is 0 Å². The van der Waals surface area contributed by atoms with Gasteiger partial charge in [0.15, 0.2) is 5.78 Å². The normalized spacial score (nSPS) is 10.1. The highest BCUT2D eigenvalue weighted by Crippen LogP contribution is 2.23. The molecule has 0 saturated heterocycles. The van der Waals surface area contributed by atoms with Crippen LogP contribution >= 0.6 is 11.6 Å². The van der Waals surface area contributed by atoms with E-state index in [1.165, 1.54) is 0 Å². The monoisotopic (exact) mass is 235 g/mol. The maximum Gasteiger partial charge on any atom is 0.340 e. The van der Waals surface area contributed by atoms with Crippen molar-refractivity contribution in [3.05, 3.63) is 39.4 Å². The lowest BCUT2D eigenvalue weighted by Crippen LogP contribution is -2.04. The minimum absolute atomic E-state index is 0.328. The van der Waals surface area contributed by atoms with Gasteiger partial charge in [-0.15, -0.1) is 11.6 Å². The van der Waals surface area contributed by atoms with Gasteiger partial charge in [-0.05, 0) is 12.1 Å². The molecular formula is C8H4ClF2NO3. The van der Waals surface area contributed by atoms with Crippen molar-refractivity contribution in [1.82, 2.24) is 0 Å². The number of hydrogen-bond acceptors (Lipinski definition) is 3. The zero-order valence-electron chi connectivity index (χ0n) is 7.17. The molecule has 1 aromatic carbocycles. The van der Waals surface area contributed by atoms with Gasteiger partial charge in [0.2, 0.25) is 11.6 Å². The maximum atomic E-state index is 13.0. The van der Waals surface area contributed by atoms with Crippen LogP contribution in [0.1, 0.15) is 10.4 Å². The molecule has 0 spiro atoms. The van der Waals surface area contributed by atoms with Crippen molar-refractivity contribution in [2.24, 2.45) is 0 Å². The number of nitro benzene ring substituents is 1. The molecule has 0 aliphatic rings. The molecule has 0 radical (unpaired) electrons. The zero-order chi connectivity index (χ0) is 11.6. The Hall–Kier alpha value is -1.56. The molecule has 0 atom stereocenters. The molecule has 0 saturated carbocycles. The smallest absolute Gasteiger partial charge is 0.293 e. The lowest BCUT2D eigenvalue weighted by Gasteiger charge is -1.99. The molecule has 0 bridgehead atoms. The molecule has 4 nitrogen and oxygen atoms in total. The van der Waals surface area contributed by atoms with Crippen molar-refractivity contribution in [3.8, 4) is 0 Å².